The van der Waals surface area contributed by atoms with Crippen molar-refractivity contribution in [2.75, 3.05) is 39.0 Å². The molecule has 0 saturated carbocycles. The van der Waals surface area contributed by atoms with Crippen molar-refractivity contribution in [3.8, 4) is 5.75 Å². The van der Waals surface area contributed by atoms with E-state index in [1.807, 2.05) is 0 Å². The summed E-state index contributed by atoms with van der Waals surface area (Å²) < 4.78 is 5.20. The SMILES string of the molecule is COc1ccc(N)cc1C(=O)N1CCN(C(C)=O)CC1. The number of hydrogen-bond acceptors (Lipinski definition) is 4. The first-order chi connectivity index (χ1) is 9.52. The van der Waals surface area contributed by atoms with Gasteiger partial charge in [0.25, 0.3) is 5.91 Å². The second kappa shape index (κ2) is 5.81. The van der Waals surface area contributed by atoms with E-state index in [1.165, 1.54) is 7.11 Å². The molecule has 1 aromatic carbocycles. The van der Waals surface area contributed by atoms with Crippen LogP contribution in [0.4, 0.5) is 5.69 Å². The zero-order valence-electron chi connectivity index (χ0n) is 11.8. The van der Waals surface area contributed by atoms with Crippen molar-refractivity contribution in [2.45, 2.75) is 6.92 Å². The van der Waals surface area contributed by atoms with Crippen LogP contribution in [0.15, 0.2) is 18.2 Å². The number of anilines is 1. The number of methoxy groups -OCH3 is 1. The molecule has 0 spiro atoms. The van der Waals surface area contributed by atoms with Crippen LogP contribution in [0.2, 0.25) is 0 Å². The lowest BCUT2D eigenvalue weighted by molar-refractivity contribution is -0.130. The van der Waals surface area contributed by atoms with E-state index in [-0.39, 0.29) is 11.8 Å². The van der Waals surface area contributed by atoms with Gasteiger partial charge in [0.15, 0.2) is 0 Å². The molecule has 6 nitrogen and oxygen atoms in total. The Labute approximate surface area is 118 Å². The molecule has 1 fully saturated rings. The Morgan fingerprint density at radius 2 is 1.75 bits per heavy atom. The Morgan fingerprint density at radius 1 is 1.15 bits per heavy atom. The minimum Gasteiger partial charge on any atom is -0.496 e. The number of nitrogens with zero attached hydrogens (tertiary/aromatic N) is 2. The summed E-state index contributed by atoms with van der Waals surface area (Å²) in [6, 6.07) is 5.01. The highest BCUT2D eigenvalue weighted by Crippen LogP contribution is 2.23. The third-order valence-electron chi connectivity index (χ3n) is 3.47. The van der Waals surface area contributed by atoms with Gasteiger partial charge in [0.1, 0.15) is 5.75 Å². The van der Waals surface area contributed by atoms with Crippen molar-refractivity contribution >= 4 is 17.5 Å². The third kappa shape index (κ3) is 2.84. The Kier molecular flexibility index (Phi) is 4.12. The highest BCUT2D eigenvalue weighted by Gasteiger charge is 2.25. The van der Waals surface area contributed by atoms with Crippen LogP contribution in [0, 0.1) is 0 Å². The van der Waals surface area contributed by atoms with Crippen molar-refractivity contribution in [1.82, 2.24) is 9.80 Å². The third-order valence-corrected chi connectivity index (χ3v) is 3.47. The normalized spacial score (nSPS) is 15.1. The predicted molar refractivity (Wildman–Crippen MR) is 75.6 cm³/mol. The van der Waals surface area contributed by atoms with Gasteiger partial charge in [-0.25, -0.2) is 0 Å². The predicted octanol–water partition coefficient (Wildman–Crippen LogP) is 0.582. The smallest absolute Gasteiger partial charge is 0.257 e. The van der Waals surface area contributed by atoms with Crippen LogP contribution in [0.25, 0.3) is 0 Å². The molecule has 2 amide bonds. The van der Waals surface area contributed by atoms with Gasteiger partial charge in [0.05, 0.1) is 12.7 Å². The Bertz CT molecular complexity index is 522. The van der Waals surface area contributed by atoms with Crippen LogP contribution >= 0.6 is 0 Å². The second-order valence-electron chi connectivity index (χ2n) is 4.76. The maximum atomic E-state index is 12.5. The summed E-state index contributed by atoms with van der Waals surface area (Å²) in [5.74, 6) is 0.439. The molecule has 1 aliphatic rings. The zero-order chi connectivity index (χ0) is 14.7. The number of hydrogen-bond donors (Lipinski definition) is 1. The minimum absolute atomic E-state index is 0.0404. The molecule has 0 aromatic heterocycles. The lowest BCUT2D eigenvalue weighted by atomic mass is 10.1. The second-order valence-corrected chi connectivity index (χ2v) is 4.76. The maximum Gasteiger partial charge on any atom is 0.257 e. The zero-order valence-corrected chi connectivity index (χ0v) is 11.8. The molecule has 20 heavy (non-hydrogen) atoms. The number of benzene rings is 1. The molecule has 1 heterocycles. The Balaban J connectivity index is 2.13. The van der Waals surface area contributed by atoms with Crippen molar-refractivity contribution < 1.29 is 14.3 Å². The summed E-state index contributed by atoms with van der Waals surface area (Å²) >= 11 is 0. The molecule has 2 rings (SSSR count). The molecule has 0 unspecified atom stereocenters. The Morgan fingerprint density at radius 3 is 2.30 bits per heavy atom. The van der Waals surface area contributed by atoms with Gasteiger partial charge >= 0.3 is 0 Å². The summed E-state index contributed by atoms with van der Waals surface area (Å²) in [5, 5.41) is 0. The molecule has 1 saturated heterocycles. The van der Waals surface area contributed by atoms with E-state index in [0.29, 0.717) is 43.2 Å². The van der Waals surface area contributed by atoms with E-state index in [1.54, 1.807) is 34.9 Å². The van der Waals surface area contributed by atoms with E-state index in [4.69, 9.17) is 10.5 Å². The average molecular weight is 277 g/mol. The summed E-state index contributed by atoms with van der Waals surface area (Å²) in [5.41, 5.74) is 6.72. The van der Waals surface area contributed by atoms with Crippen molar-refractivity contribution in [1.29, 1.82) is 0 Å². The monoisotopic (exact) mass is 277 g/mol. The van der Waals surface area contributed by atoms with E-state index < -0.39 is 0 Å². The quantitative estimate of drug-likeness (QED) is 0.802. The summed E-state index contributed by atoms with van der Waals surface area (Å²) in [4.78, 5) is 27.2. The molecule has 0 radical (unpaired) electrons. The number of ether oxygens (including phenoxy) is 1. The number of amides is 2. The van der Waals surface area contributed by atoms with Gasteiger partial charge in [-0.1, -0.05) is 0 Å². The lowest BCUT2D eigenvalue weighted by Gasteiger charge is -2.34. The van der Waals surface area contributed by atoms with Crippen molar-refractivity contribution in [3.63, 3.8) is 0 Å². The molecular weight excluding hydrogens is 258 g/mol. The largest absolute Gasteiger partial charge is 0.496 e. The van der Waals surface area contributed by atoms with Crippen LogP contribution < -0.4 is 10.5 Å². The Hall–Kier alpha value is -2.24. The van der Waals surface area contributed by atoms with Crippen molar-refractivity contribution in [2.24, 2.45) is 0 Å². The fourth-order valence-electron chi connectivity index (χ4n) is 2.29. The van der Waals surface area contributed by atoms with Gasteiger partial charge in [-0.05, 0) is 18.2 Å². The first-order valence-corrected chi connectivity index (χ1v) is 6.51. The molecule has 0 aliphatic carbocycles. The highest BCUT2D eigenvalue weighted by molar-refractivity contribution is 5.98. The van der Waals surface area contributed by atoms with E-state index in [2.05, 4.69) is 0 Å². The topological polar surface area (TPSA) is 75.9 Å². The van der Waals surface area contributed by atoms with Crippen LogP contribution in [0.3, 0.4) is 0 Å². The van der Waals surface area contributed by atoms with Crippen LogP contribution in [-0.4, -0.2) is 54.9 Å². The molecule has 6 heteroatoms. The number of carbonyl (C=O) groups is 2. The number of nitrogen functional groups attached to an aromatic ring is 1. The lowest BCUT2D eigenvalue weighted by Crippen LogP contribution is -2.50. The fraction of sp³-hybridized carbons (Fsp3) is 0.429. The molecule has 2 N–H and O–H groups in total. The van der Waals surface area contributed by atoms with Crippen LogP contribution in [0.5, 0.6) is 5.75 Å². The number of carbonyl (C=O) groups excluding carboxylic acids is 2. The minimum atomic E-state index is -0.114. The molecule has 108 valence electrons. The fourth-order valence-corrected chi connectivity index (χ4v) is 2.29. The van der Waals surface area contributed by atoms with E-state index >= 15 is 0 Å². The van der Waals surface area contributed by atoms with Crippen LogP contribution in [0.1, 0.15) is 17.3 Å². The standard InChI is InChI=1S/C14H19N3O3/c1-10(18)16-5-7-17(8-6-16)14(19)12-9-11(15)3-4-13(12)20-2/h3-4,9H,5-8,15H2,1-2H3. The van der Waals surface area contributed by atoms with Gasteiger partial charge in [0.2, 0.25) is 5.91 Å². The average Bonchev–Trinajstić information content (AvgIpc) is 2.46. The summed E-state index contributed by atoms with van der Waals surface area (Å²) in [6.45, 7) is 3.71. The first kappa shape index (κ1) is 14.2. The van der Waals surface area contributed by atoms with Crippen LogP contribution in [-0.2, 0) is 4.79 Å². The number of nitrogens with two attached hydrogens (primary N) is 1. The highest BCUT2D eigenvalue weighted by atomic mass is 16.5. The summed E-state index contributed by atoms with van der Waals surface area (Å²) in [7, 11) is 1.52. The number of piperazine rings is 1. The number of rotatable bonds is 2. The molecule has 0 atom stereocenters. The molecule has 0 bridgehead atoms. The van der Waals surface area contributed by atoms with E-state index in [9.17, 15) is 9.59 Å². The van der Waals surface area contributed by atoms with E-state index in [0.717, 1.165) is 0 Å². The van der Waals surface area contributed by atoms with Crippen molar-refractivity contribution in [3.05, 3.63) is 23.8 Å². The maximum absolute atomic E-state index is 12.5. The molecule has 1 aromatic rings. The molecular formula is C14H19N3O3. The van der Waals surface area contributed by atoms with Gasteiger partial charge in [-0.15, -0.1) is 0 Å². The van der Waals surface area contributed by atoms with Gasteiger partial charge in [-0.2, -0.15) is 0 Å². The van der Waals surface area contributed by atoms with Gasteiger partial charge in [-0.3, -0.25) is 9.59 Å². The summed E-state index contributed by atoms with van der Waals surface area (Å²) in [6.07, 6.45) is 0. The first-order valence-electron chi connectivity index (χ1n) is 6.51. The van der Waals surface area contributed by atoms with Gasteiger partial charge < -0.3 is 20.3 Å². The molecule has 1 aliphatic heterocycles. The van der Waals surface area contributed by atoms with Gasteiger partial charge in [0, 0.05) is 38.8 Å².